The van der Waals surface area contributed by atoms with Crippen LogP contribution in [0.5, 0.6) is 0 Å². The van der Waals surface area contributed by atoms with Crippen LogP contribution in [0, 0.1) is 5.41 Å². The van der Waals surface area contributed by atoms with Gasteiger partial charge in [0.05, 0.1) is 0 Å². The Morgan fingerprint density at radius 1 is 1.29 bits per heavy atom. The summed E-state index contributed by atoms with van der Waals surface area (Å²) < 4.78 is 1.13. The summed E-state index contributed by atoms with van der Waals surface area (Å²) in [5.41, 5.74) is 6.70. The molecular formula is C14H20BrNS. The molecule has 94 valence electrons. The van der Waals surface area contributed by atoms with Crippen LogP contribution < -0.4 is 5.73 Å². The van der Waals surface area contributed by atoms with E-state index in [2.05, 4.69) is 54.0 Å². The normalized spacial score (nSPS) is 28.0. The van der Waals surface area contributed by atoms with Gasteiger partial charge < -0.3 is 5.73 Å². The lowest BCUT2D eigenvalue weighted by Gasteiger charge is -2.38. The molecule has 1 saturated carbocycles. The first-order chi connectivity index (χ1) is 7.96. The van der Waals surface area contributed by atoms with E-state index in [1.54, 1.807) is 0 Å². The second-order valence-electron chi connectivity index (χ2n) is 5.68. The first-order valence-corrected chi connectivity index (χ1v) is 7.81. The van der Waals surface area contributed by atoms with E-state index in [0.29, 0.717) is 16.7 Å². The zero-order chi connectivity index (χ0) is 12.5. The van der Waals surface area contributed by atoms with Crippen LogP contribution >= 0.6 is 27.7 Å². The molecule has 2 N–H and O–H groups in total. The predicted molar refractivity (Wildman–Crippen MR) is 79.4 cm³/mol. The Morgan fingerprint density at radius 3 is 2.59 bits per heavy atom. The lowest BCUT2D eigenvalue weighted by molar-refractivity contribution is 0.232. The molecule has 0 saturated heterocycles. The molecule has 0 bridgehead atoms. The van der Waals surface area contributed by atoms with Gasteiger partial charge in [-0.2, -0.15) is 0 Å². The largest absolute Gasteiger partial charge is 0.327 e. The molecule has 1 aliphatic carbocycles. The summed E-state index contributed by atoms with van der Waals surface area (Å²) >= 11 is 5.40. The fourth-order valence-electron chi connectivity index (χ4n) is 2.36. The molecule has 1 nitrogen and oxygen atoms in total. The molecule has 1 fully saturated rings. The summed E-state index contributed by atoms with van der Waals surface area (Å²) in [7, 11) is 0. The fraction of sp³-hybridized carbons (Fsp3) is 0.571. The summed E-state index contributed by atoms with van der Waals surface area (Å²) in [4.78, 5) is 1.33. The third-order valence-corrected chi connectivity index (χ3v) is 5.38. The maximum Gasteiger partial charge on any atom is 0.0251 e. The Morgan fingerprint density at radius 2 is 1.94 bits per heavy atom. The maximum atomic E-state index is 6.25. The molecular weight excluding hydrogens is 294 g/mol. The second-order valence-corrected chi connectivity index (χ2v) is 7.91. The average molecular weight is 314 g/mol. The highest BCUT2D eigenvalue weighted by atomic mass is 79.9. The topological polar surface area (TPSA) is 26.0 Å². The van der Waals surface area contributed by atoms with Crippen molar-refractivity contribution in [3.8, 4) is 0 Å². The predicted octanol–water partition coefficient (Wildman–Crippen LogP) is 4.45. The average Bonchev–Trinajstić information content (AvgIpc) is 2.26. The quantitative estimate of drug-likeness (QED) is 0.873. The standard InChI is InChI=1S/C14H20BrNS/c1-14(2)8-7-12(16)13(9-14)17-11-5-3-10(15)4-6-11/h3-6,12-13H,7-9,16H2,1-2H3. The molecule has 1 aliphatic rings. The summed E-state index contributed by atoms with van der Waals surface area (Å²) in [5, 5.41) is 0.555. The molecule has 0 radical (unpaired) electrons. The van der Waals surface area contributed by atoms with Gasteiger partial charge in [0, 0.05) is 20.7 Å². The van der Waals surface area contributed by atoms with Crippen LogP contribution in [0.25, 0.3) is 0 Å². The van der Waals surface area contributed by atoms with Crippen LogP contribution in [-0.4, -0.2) is 11.3 Å². The smallest absolute Gasteiger partial charge is 0.0251 e. The number of nitrogens with two attached hydrogens (primary N) is 1. The number of benzene rings is 1. The SMILES string of the molecule is CC1(C)CCC(N)C(Sc2ccc(Br)cc2)C1. The van der Waals surface area contributed by atoms with E-state index < -0.39 is 0 Å². The van der Waals surface area contributed by atoms with Crippen LogP contribution in [-0.2, 0) is 0 Å². The van der Waals surface area contributed by atoms with Crippen LogP contribution in [0.15, 0.2) is 33.6 Å². The zero-order valence-corrected chi connectivity index (χ0v) is 12.9. The minimum Gasteiger partial charge on any atom is -0.327 e. The number of rotatable bonds is 2. The Labute approximate surface area is 117 Å². The molecule has 0 aliphatic heterocycles. The van der Waals surface area contributed by atoms with Gasteiger partial charge in [0.1, 0.15) is 0 Å². The number of thioether (sulfide) groups is 1. The van der Waals surface area contributed by atoms with Gasteiger partial charge in [0.25, 0.3) is 0 Å². The molecule has 1 aromatic carbocycles. The van der Waals surface area contributed by atoms with Crippen molar-refractivity contribution in [2.45, 2.75) is 49.3 Å². The minimum absolute atomic E-state index is 0.344. The van der Waals surface area contributed by atoms with Gasteiger partial charge in [-0.15, -0.1) is 11.8 Å². The number of hydrogen-bond donors (Lipinski definition) is 1. The van der Waals surface area contributed by atoms with Crippen LogP contribution in [0.4, 0.5) is 0 Å². The van der Waals surface area contributed by atoms with Gasteiger partial charge in [-0.05, 0) is 48.9 Å². The van der Waals surface area contributed by atoms with E-state index in [9.17, 15) is 0 Å². The van der Waals surface area contributed by atoms with E-state index in [0.717, 1.165) is 10.9 Å². The van der Waals surface area contributed by atoms with Gasteiger partial charge in [-0.25, -0.2) is 0 Å². The first kappa shape index (κ1) is 13.4. The van der Waals surface area contributed by atoms with E-state index >= 15 is 0 Å². The monoisotopic (exact) mass is 313 g/mol. The van der Waals surface area contributed by atoms with E-state index in [1.807, 2.05) is 11.8 Å². The van der Waals surface area contributed by atoms with Crippen molar-refractivity contribution in [2.75, 3.05) is 0 Å². The molecule has 0 amide bonds. The Kier molecular flexibility index (Phi) is 4.22. The van der Waals surface area contributed by atoms with Crippen molar-refractivity contribution in [3.05, 3.63) is 28.7 Å². The highest BCUT2D eigenvalue weighted by Crippen LogP contribution is 2.42. The van der Waals surface area contributed by atoms with Crippen molar-refractivity contribution in [1.29, 1.82) is 0 Å². The lowest BCUT2D eigenvalue weighted by Crippen LogP contribution is -2.41. The van der Waals surface area contributed by atoms with Crippen LogP contribution in [0.2, 0.25) is 0 Å². The van der Waals surface area contributed by atoms with Crippen molar-refractivity contribution in [2.24, 2.45) is 11.1 Å². The van der Waals surface area contributed by atoms with Gasteiger partial charge >= 0.3 is 0 Å². The van der Waals surface area contributed by atoms with E-state index in [1.165, 1.54) is 17.7 Å². The summed E-state index contributed by atoms with van der Waals surface area (Å²) in [6.07, 6.45) is 3.63. The minimum atomic E-state index is 0.344. The van der Waals surface area contributed by atoms with Gasteiger partial charge in [0.15, 0.2) is 0 Å². The highest BCUT2D eigenvalue weighted by Gasteiger charge is 2.33. The second kappa shape index (κ2) is 5.33. The maximum absolute atomic E-state index is 6.25. The molecule has 2 atom stereocenters. The Bertz CT molecular complexity index is 374. The molecule has 0 heterocycles. The molecule has 1 aromatic rings. The lowest BCUT2D eigenvalue weighted by atomic mass is 9.75. The molecule has 17 heavy (non-hydrogen) atoms. The van der Waals surface area contributed by atoms with Crippen LogP contribution in [0.3, 0.4) is 0 Å². The van der Waals surface area contributed by atoms with Gasteiger partial charge in [0.2, 0.25) is 0 Å². The van der Waals surface area contributed by atoms with E-state index in [4.69, 9.17) is 5.73 Å². The molecule has 2 unspecified atom stereocenters. The van der Waals surface area contributed by atoms with Gasteiger partial charge in [-0.1, -0.05) is 29.8 Å². The van der Waals surface area contributed by atoms with Crippen molar-refractivity contribution >= 4 is 27.7 Å². The van der Waals surface area contributed by atoms with Crippen molar-refractivity contribution in [1.82, 2.24) is 0 Å². The van der Waals surface area contributed by atoms with Crippen molar-refractivity contribution < 1.29 is 0 Å². The number of halogens is 1. The number of hydrogen-bond acceptors (Lipinski definition) is 2. The molecule has 3 heteroatoms. The molecule has 2 rings (SSSR count). The third-order valence-electron chi connectivity index (χ3n) is 3.49. The fourth-order valence-corrected chi connectivity index (χ4v) is 4.11. The van der Waals surface area contributed by atoms with Crippen molar-refractivity contribution in [3.63, 3.8) is 0 Å². The van der Waals surface area contributed by atoms with E-state index in [-0.39, 0.29) is 0 Å². The summed E-state index contributed by atoms with van der Waals surface area (Å²) in [6.45, 7) is 4.71. The van der Waals surface area contributed by atoms with Crippen LogP contribution in [0.1, 0.15) is 33.1 Å². The van der Waals surface area contributed by atoms with Gasteiger partial charge in [-0.3, -0.25) is 0 Å². The third kappa shape index (κ3) is 3.73. The molecule has 0 spiro atoms. The Balaban J connectivity index is 2.04. The zero-order valence-electron chi connectivity index (χ0n) is 10.4. The summed E-state index contributed by atoms with van der Waals surface area (Å²) in [5.74, 6) is 0. The first-order valence-electron chi connectivity index (χ1n) is 6.14. The molecule has 0 aromatic heterocycles. The summed E-state index contributed by atoms with van der Waals surface area (Å²) in [6, 6.07) is 8.88. The highest BCUT2D eigenvalue weighted by molar-refractivity contribution is 9.10. The Hall–Kier alpha value is 0.01000.